The molecule has 10 nitrogen and oxygen atoms in total. The van der Waals surface area contributed by atoms with E-state index < -0.39 is 63.5 Å². The smallest absolute Gasteiger partial charge is 0.425 e. The first-order valence-electron chi connectivity index (χ1n) is 18.2. The zero-order chi connectivity index (χ0) is 40.0. The molecule has 2 aliphatic heterocycles. The summed E-state index contributed by atoms with van der Waals surface area (Å²) in [6.45, 7) is 2.28. The maximum atomic E-state index is 14.9. The van der Waals surface area contributed by atoms with E-state index in [0.717, 1.165) is 34.7 Å². The third-order valence-corrected chi connectivity index (χ3v) is 11.1. The molecule has 0 saturated carbocycles. The van der Waals surface area contributed by atoms with E-state index in [1.165, 1.54) is 4.90 Å². The van der Waals surface area contributed by atoms with Crippen molar-refractivity contribution in [2.24, 2.45) is 5.73 Å². The van der Waals surface area contributed by atoms with Crippen molar-refractivity contribution in [1.29, 1.82) is 0 Å². The van der Waals surface area contributed by atoms with Crippen LogP contribution in [0.15, 0.2) is 54.0 Å². The summed E-state index contributed by atoms with van der Waals surface area (Å²) < 4.78 is 95.6. The number of hydrogen-bond donors (Lipinski definition) is 2. The molecule has 0 aliphatic carbocycles. The highest BCUT2D eigenvalue weighted by molar-refractivity contribution is 7.10. The highest BCUT2D eigenvalue weighted by atomic mass is 32.1. The molecule has 2 amide bonds. The van der Waals surface area contributed by atoms with Crippen molar-refractivity contribution in [2.45, 2.75) is 101 Å². The van der Waals surface area contributed by atoms with E-state index in [1.807, 2.05) is 12.1 Å². The summed E-state index contributed by atoms with van der Waals surface area (Å²) in [5.41, 5.74) is 2.72. The number of thiophene rings is 1. The molecule has 300 valence electrons. The highest BCUT2D eigenvalue weighted by Gasteiger charge is 2.56. The van der Waals surface area contributed by atoms with Gasteiger partial charge in [-0.05, 0) is 63.1 Å². The number of nitrogens with two attached hydrogens (primary N) is 1. The number of carboxylic acid groups (broad SMARTS) is 1. The number of rotatable bonds is 14. The maximum Gasteiger partial charge on any atom is 0.425 e. The topological polar surface area (TPSA) is 135 Å². The Morgan fingerprint density at radius 3 is 2.36 bits per heavy atom. The number of nitrogens with zero attached hydrogens (tertiary/aromatic N) is 3. The van der Waals surface area contributed by atoms with Gasteiger partial charge in [0.2, 0.25) is 5.60 Å². The number of halogens is 6. The van der Waals surface area contributed by atoms with E-state index in [4.69, 9.17) is 20.3 Å². The Morgan fingerprint density at radius 1 is 0.982 bits per heavy atom. The fourth-order valence-electron chi connectivity index (χ4n) is 7.46. The van der Waals surface area contributed by atoms with Crippen LogP contribution in [0.25, 0.3) is 0 Å². The molecule has 17 heteroatoms. The Kier molecular flexibility index (Phi) is 13.1. The summed E-state index contributed by atoms with van der Waals surface area (Å²) in [5.74, 6) is -2.22. The van der Waals surface area contributed by atoms with Gasteiger partial charge in [-0.15, -0.1) is 11.3 Å². The molecule has 3 N–H and O–H groups in total. The lowest BCUT2D eigenvalue weighted by Crippen LogP contribution is -2.69. The standard InChI is InChI=1S/C38H44F6N4O6S/c1-2-10-29-36(54-25-23-30(55-24-25)38(42,43)44,15-9-19-48(29)33(51)32-27(37(39,40)41)12-8-18-46-32)34(52)47-20-16-35(45,17-21-47)26-11-5-6-13-28(26)53-22-7-3-4-14-31(49)50/h5-6,8,11-13,18,23-24,29H,2-4,7,9-10,14-17,19-22,45H2,1H3,(H,49,50)/t29-,36+/m1/s1. The number of benzene rings is 1. The molecule has 1 aromatic carbocycles. The number of carboxylic acids is 1. The number of unbranched alkanes of at least 4 members (excludes halogenated alkanes) is 2. The lowest BCUT2D eigenvalue weighted by atomic mass is 9.77. The number of carbonyl (C=O) groups excluding carboxylic acids is 2. The van der Waals surface area contributed by atoms with Gasteiger partial charge in [-0.3, -0.25) is 19.4 Å². The predicted octanol–water partition coefficient (Wildman–Crippen LogP) is 7.90. The van der Waals surface area contributed by atoms with Crippen molar-refractivity contribution in [2.75, 3.05) is 26.2 Å². The highest BCUT2D eigenvalue weighted by Crippen LogP contribution is 2.44. The Balaban J connectivity index is 1.44. The third-order valence-electron chi connectivity index (χ3n) is 10.2. The second-order valence-electron chi connectivity index (χ2n) is 13.9. The van der Waals surface area contributed by atoms with Crippen LogP contribution in [0.2, 0.25) is 0 Å². The van der Waals surface area contributed by atoms with Crippen LogP contribution in [0.4, 0.5) is 26.3 Å². The van der Waals surface area contributed by atoms with Crippen LogP contribution >= 0.6 is 11.3 Å². The number of aliphatic carboxylic acids is 1. The number of piperidine rings is 2. The Hall–Kier alpha value is -4.38. The molecule has 2 atom stereocenters. The summed E-state index contributed by atoms with van der Waals surface area (Å²) in [7, 11) is 0. The van der Waals surface area contributed by atoms with Crippen molar-refractivity contribution >= 4 is 29.1 Å². The van der Waals surface area contributed by atoms with Crippen LogP contribution in [-0.2, 0) is 27.5 Å². The molecule has 2 fully saturated rings. The second-order valence-corrected chi connectivity index (χ2v) is 14.8. The summed E-state index contributed by atoms with van der Waals surface area (Å²) in [6, 6.07) is 8.68. The second kappa shape index (κ2) is 17.2. The van der Waals surface area contributed by atoms with Gasteiger partial charge in [-0.1, -0.05) is 31.5 Å². The van der Waals surface area contributed by atoms with E-state index in [0.29, 0.717) is 54.9 Å². The number of amides is 2. The fraction of sp³-hybridized carbons (Fsp3) is 0.526. The molecule has 3 aromatic rings. The number of aromatic nitrogens is 1. The molecule has 55 heavy (non-hydrogen) atoms. The average Bonchev–Trinajstić information content (AvgIpc) is 3.62. The first-order valence-corrected chi connectivity index (χ1v) is 19.1. The number of pyridine rings is 1. The van der Waals surface area contributed by atoms with E-state index >= 15 is 0 Å². The lowest BCUT2D eigenvalue weighted by Gasteiger charge is -2.51. The monoisotopic (exact) mass is 798 g/mol. The quantitative estimate of drug-likeness (QED) is 0.124. The van der Waals surface area contributed by atoms with Crippen LogP contribution in [0.5, 0.6) is 11.5 Å². The van der Waals surface area contributed by atoms with Crippen molar-refractivity contribution in [1.82, 2.24) is 14.8 Å². The third kappa shape index (κ3) is 9.54. The predicted molar refractivity (Wildman–Crippen MR) is 191 cm³/mol. The zero-order valence-corrected chi connectivity index (χ0v) is 31.1. The van der Waals surface area contributed by atoms with Crippen LogP contribution in [-0.4, -0.2) is 75.6 Å². The summed E-state index contributed by atoms with van der Waals surface area (Å²) in [5, 5.41) is 10.0. The Morgan fingerprint density at radius 2 is 1.71 bits per heavy atom. The Bertz CT molecular complexity index is 1810. The van der Waals surface area contributed by atoms with E-state index in [2.05, 4.69) is 4.98 Å². The number of carbonyl (C=O) groups is 3. The first-order chi connectivity index (χ1) is 26.0. The van der Waals surface area contributed by atoms with Gasteiger partial charge in [0.1, 0.15) is 22.1 Å². The van der Waals surface area contributed by atoms with Gasteiger partial charge in [0.25, 0.3) is 11.8 Å². The molecule has 0 spiro atoms. The minimum absolute atomic E-state index is 0.0147. The molecular weight excluding hydrogens is 754 g/mol. The van der Waals surface area contributed by atoms with Gasteiger partial charge in [0.05, 0.1) is 18.2 Å². The number of hydrogen-bond acceptors (Lipinski definition) is 8. The molecule has 0 bridgehead atoms. The van der Waals surface area contributed by atoms with Crippen LogP contribution < -0.4 is 15.2 Å². The van der Waals surface area contributed by atoms with Gasteiger partial charge < -0.3 is 30.1 Å². The minimum Gasteiger partial charge on any atom is -0.493 e. The molecule has 2 aromatic heterocycles. The maximum absolute atomic E-state index is 14.9. The molecule has 4 heterocycles. The first kappa shape index (κ1) is 41.8. The SMILES string of the molecule is CCC[C@H]1N(C(=O)c2ncccc2C(F)(F)F)CCC[C@@]1(Oc1csc(C(F)(F)F)c1)C(=O)N1CCC(N)(c2ccccc2OCCCCCC(=O)O)CC1. The average molecular weight is 799 g/mol. The summed E-state index contributed by atoms with van der Waals surface area (Å²) in [6.07, 6.45) is -5.56. The molecular formula is C38H44F6N4O6S. The summed E-state index contributed by atoms with van der Waals surface area (Å²) in [4.78, 5) is 45.3. The van der Waals surface area contributed by atoms with E-state index in [9.17, 15) is 40.7 Å². The summed E-state index contributed by atoms with van der Waals surface area (Å²) >= 11 is 0.381. The molecule has 2 saturated heterocycles. The fourth-order valence-corrected chi connectivity index (χ4v) is 8.14. The van der Waals surface area contributed by atoms with Gasteiger partial charge in [-0.2, -0.15) is 26.3 Å². The number of ether oxygens (including phenoxy) is 2. The van der Waals surface area contributed by atoms with Crippen molar-refractivity contribution in [3.63, 3.8) is 0 Å². The van der Waals surface area contributed by atoms with Crippen molar-refractivity contribution in [3.8, 4) is 11.5 Å². The largest absolute Gasteiger partial charge is 0.493 e. The van der Waals surface area contributed by atoms with Gasteiger partial charge in [0, 0.05) is 61.2 Å². The molecule has 5 rings (SSSR count). The van der Waals surface area contributed by atoms with E-state index in [1.54, 1.807) is 19.1 Å². The normalized spacial score (nSPS) is 20.3. The number of para-hydroxylation sites is 1. The zero-order valence-electron chi connectivity index (χ0n) is 30.3. The molecule has 0 radical (unpaired) electrons. The van der Waals surface area contributed by atoms with Crippen LogP contribution in [0, 0.1) is 0 Å². The van der Waals surface area contributed by atoms with Crippen LogP contribution in [0.3, 0.4) is 0 Å². The van der Waals surface area contributed by atoms with Gasteiger partial charge in [0.15, 0.2) is 0 Å². The molecule has 2 aliphatic rings. The van der Waals surface area contributed by atoms with Crippen molar-refractivity contribution in [3.05, 3.63) is 75.7 Å². The Labute approximate surface area is 318 Å². The lowest BCUT2D eigenvalue weighted by molar-refractivity contribution is -0.161. The van der Waals surface area contributed by atoms with Gasteiger partial charge in [-0.25, -0.2) is 0 Å². The van der Waals surface area contributed by atoms with Crippen molar-refractivity contribution < 1.29 is 55.3 Å². The number of alkyl halides is 6. The van der Waals surface area contributed by atoms with Crippen LogP contribution in [0.1, 0.15) is 97.6 Å². The van der Waals surface area contributed by atoms with Gasteiger partial charge >= 0.3 is 18.3 Å². The number of likely N-dealkylation sites (tertiary alicyclic amines) is 2. The van der Waals surface area contributed by atoms with E-state index in [-0.39, 0.29) is 63.9 Å². The minimum atomic E-state index is -4.91. The molecule has 0 unspecified atom stereocenters.